The van der Waals surface area contributed by atoms with Crippen LogP contribution in [-0.4, -0.2) is 51.2 Å². The maximum Gasteiger partial charge on any atom is 0.251 e. The molecule has 1 amide bonds. The second-order valence-corrected chi connectivity index (χ2v) is 9.17. The fourth-order valence-electron chi connectivity index (χ4n) is 3.72. The summed E-state index contributed by atoms with van der Waals surface area (Å²) in [4.78, 5) is 23.5. The van der Waals surface area contributed by atoms with E-state index >= 15 is 0 Å². The molecule has 1 aromatic carbocycles. The predicted molar refractivity (Wildman–Crippen MR) is 125 cm³/mol. The van der Waals surface area contributed by atoms with E-state index in [0.717, 1.165) is 41.5 Å². The fraction of sp³-hybridized carbons (Fsp3) is 0.440. The summed E-state index contributed by atoms with van der Waals surface area (Å²) in [6.07, 6.45) is 1.87. The topological polar surface area (TPSA) is 93.4 Å². The maximum absolute atomic E-state index is 12.3. The Morgan fingerprint density at radius 1 is 1.21 bits per heavy atom. The van der Waals surface area contributed by atoms with Gasteiger partial charge in [-0.05, 0) is 50.6 Å². The Bertz CT molecular complexity index is 1100. The van der Waals surface area contributed by atoms with Gasteiger partial charge in [-0.1, -0.05) is 25.1 Å². The van der Waals surface area contributed by atoms with Crippen molar-refractivity contribution in [1.29, 1.82) is 0 Å². The highest BCUT2D eigenvalue weighted by atomic mass is 16.5. The van der Waals surface area contributed by atoms with Crippen molar-refractivity contribution >= 4 is 5.91 Å². The molecule has 2 aromatic heterocycles. The standard InChI is InChI=1S/C25H31N5O3/c1-15(2)24-28-23(33-29-24)14-30-12-20(13-30)32-19-7-9-22(26-11-19)18-6-8-21(17(5)10-18)25(31)27-16(3)4/h6-11,15-16,20H,12-14H2,1-5H3,(H,27,31). The van der Waals surface area contributed by atoms with Crippen LogP contribution < -0.4 is 10.1 Å². The summed E-state index contributed by atoms with van der Waals surface area (Å²) in [6.45, 7) is 12.2. The van der Waals surface area contributed by atoms with E-state index in [1.165, 1.54) is 0 Å². The molecule has 1 fully saturated rings. The first-order chi connectivity index (χ1) is 15.8. The van der Waals surface area contributed by atoms with Gasteiger partial charge >= 0.3 is 0 Å². The highest BCUT2D eigenvalue weighted by molar-refractivity contribution is 5.96. The Hall–Kier alpha value is -3.26. The molecule has 1 saturated heterocycles. The first-order valence-corrected chi connectivity index (χ1v) is 11.4. The summed E-state index contributed by atoms with van der Waals surface area (Å²) >= 11 is 0. The van der Waals surface area contributed by atoms with Crippen LogP contribution in [0.1, 0.15) is 61.2 Å². The van der Waals surface area contributed by atoms with Crippen LogP contribution in [0.15, 0.2) is 41.1 Å². The van der Waals surface area contributed by atoms with Gasteiger partial charge in [0.15, 0.2) is 5.82 Å². The number of nitrogens with zero attached hydrogens (tertiary/aromatic N) is 4. The van der Waals surface area contributed by atoms with Crippen molar-refractivity contribution < 1.29 is 14.1 Å². The van der Waals surface area contributed by atoms with Crippen LogP contribution in [0.3, 0.4) is 0 Å². The molecular formula is C25H31N5O3. The Morgan fingerprint density at radius 3 is 2.61 bits per heavy atom. The van der Waals surface area contributed by atoms with Gasteiger partial charge in [-0.15, -0.1) is 0 Å². The van der Waals surface area contributed by atoms with Crippen molar-refractivity contribution in [2.45, 2.75) is 59.2 Å². The Balaban J connectivity index is 1.30. The van der Waals surface area contributed by atoms with Crippen LogP contribution in [0.4, 0.5) is 0 Å². The molecule has 33 heavy (non-hydrogen) atoms. The monoisotopic (exact) mass is 449 g/mol. The minimum Gasteiger partial charge on any atom is -0.486 e. The number of ether oxygens (including phenoxy) is 1. The van der Waals surface area contributed by atoms with Crippen LogP contribution in [0.2, 0.25) is 0 Å². The maximum atomic E-state index is 12.3. The normalized spacial score (nSPS) is 14.5. The number of nitrogens with one attached hydrogen (secondary N) is 1. The molecule has 0 unspecified atom stereocenters. The lowest BCUT2D eigenvalue weighted by atomic mass is 10.0. The molecule has 0 saturated carbocycles. The van der Waals surface area contributed by atoms with E-state index in [-0.39, 0.29) is 24.0 Å². The number of hydrogen-bond donors (Lipinski definition) is 1. The molecule has 0 aliphatic carbocycles. The Kier molecular flexibility index (Phi) is 6.74. The van der Waals surface area contributed by atoms with Gasteiger partial charge in [-0.3, -0.25) is 14.7 Å². The van der Waals surface area contributed by atoms with Crippen LogP contribution >= 0.6 is 0 Å². The van der Waals surface area contributed by atoms with E-state index in [0.29, 0.717) is 18.0 Å². The summed E-state index contributed by atoms with van der Waals surface area (Å²) in [6, 6.07) is 9.75. The smallest absolute Gasteiger partial charge is 0.251 e. The summed E-state index contributed by atoms with van der Waals surface area (Å²) in [5.74, 6) is 2.34. The molecule has 174 valence electrons. The Labute approximate surface area is 194 Å². The van der Waals surface area contributed by atoms with Crippen LogP contribution in [0, 0.1) is 6.92 Å². The van der Waals surface area contributed by atoms with Gasteiger partial charge in [-0.25, -0.2) is 0 Å². The van der Waals surface area contributed by atoms with Gasteiger partial charge in [0, 0.05) is 36.2 Å². The summed E-state index contributed by atoms with van der Waals surface area (Å²) in [7, 11) is 0. The van der Waals surface area contributed by atoms with Gasteiger partial charge in [0.1, 0.15) is 11.9 Å². The number of carbonyl (C=O) groups is 1. The minimum atomic E-state index is -0.0558. The number of pyridine rings is 1. The number of benzene rings is 1. The highest BCUT2D eigenvalue weighted by Gasteiger charge is 2.30. The molecule has 0 atom stereocenters. The lowest BCUT2D eigenvalue weighted by Crippen LogP contribution is -2.53. The summed E-state index contributed by atoms with van der Waals surface area (Å²) in [5.41, 5.74) is 3.41. The molecule has 1 aliphatic heterocycles. The minimum absolute atomic E-state index is 0.0558. The van der Waals surface area contributed by atoms with Gasteiger partial charge in [-0.2, -0.15) is 4.98 Å². The number of amides is 1. The molecule has 4 rings (SSSR count). The van der Waals surface area contributed by atoms with E-state index in [2.05, 4.69) is 25.3 Å². The van der Waals surface area contributed by atoms with Crippen LogP contribution in [-0.2, 0) is 6.54 Å². The van der Waals surface area contributed by atoms with Crippen molar-refractivity contribution in [2.75, 3.05) is 13.1 Å². The first-order valence-electron chi connectivity index (χ1n) is 11.4. The molecule has 8 heteroatoms. The third-order valence-electron chi connectivity index (χ3n) is 5.51. The van der Waals surface area contributed by atoms with Crippen molar-refractivity contribution in [3.8, 4) is 17.0 Å². The van der Waals surface area contributed by atoms with Gasteiger partial charge in [0.25, 0.3) is 5.91 Å². The molecule has 0 bridgehead atoms. The molecule has 1 N–H and O–H groups in total. The number of hydrogen-bond acceptors (Lipinski definition) is 7. The second kappa shape index (κ2) is 9.70. The average molecular weight is 450 g/mol. The third-order valence-corrected chi connectivity index (χ3v) is 5.51. The van der Waals surface area contributed by atoms with E-state index in [1.807, 2.05) is 65.0 Å². The number of rotatable bonds is 8. The van der Waals surface area contributed by atoms with Crippen molar-refractivity contribution in [1.82, 2.24) is 25.3 Å². The van der Waals surface area contributed by atoms with E-state index in [1.54, 1.807) is 6.20 Å². The molecule has 0 radical (unpaired) electrons. The molecule has 3 aromatic rings. The van der Waals surface area contributed by atoms with Gasteiger partial charge < -0.3 is 14.6 Å². The second-order valence-electron chi connectivity index (χ2n) is 9.17. The van der Waals surface area contributed by atoms with Crippen LogP contribution in [0.5, 0.6) is 5.75 Å². The quantitative estimate of drug-likeness (QED) is 0.556. The summed E-state index contributed by atoms with van der Waals surface area (Å²) < 4.78 is 11.4. The van der Waals surface area contributed by atoms with Crippen molar-refractivity contribution in [3.63, 3.8) is 0 Å². The van der Waals surface area contributed by atoms with Crippen LogP contribution in [0.25, 0.3) is 11.3 Å². The zero-order valence-corrected chi connectivity index (χ0v) is 19.8. The zero-order valence-electron chi connectivity index (χ0n) is 19.8. The van der Waals surface area contributed by atoms with Crippen molar-refractivity contribution in [2.24, 2.45) is 0 Å². The van der Waals surface area contributed by atoms with E-state index in [4.69, 9.17) is 9.26 Å². The third kappa shape index (κ3) is 5.57. The lowest BCUT2D eigenvalue weighted by molar-refractivity contribution is 0.00844. The average Bonchev–Trinajstić information content (AvgIpc) is 3.21. The highest BCUT2D eigenvalue weighted by Crippen LogP contribution is 2.24. The van der Waals surface area contributed by atoms with E-state index in [9.17, 15) is 4.79 Å². The number of aromatic nitrogens is 3. The fourth-order valence-corrected chi connectivity index (χ4v) is 3.72. The van der Waals surface area contributed by atoms with E-state index < -0.39 is 0 Å². The molecular weight excluding hydrogens is 418 g/mol. The lowest BCUT2D eigenvalue weighted by Gasteiger charge is -2.37. The number of carbonyl (C=O) groups excluding carboxylic acids is 1. The number of likely N-dealkylation sites (tertiary alicyclic amines) is 1. The SMILES string of the molecule is Cc1cc(-c2ccc(OC3CN(Cc4nc(C(C)C)no4)C3)cn2)ccc1C(=O)NC(C)C. The first kappa shape index (κ1) is 22.9. The predicted octanol–water partition coefficient (Wildman–Crippen LogP) is 3.96. The summed E-state index contributed by atoms with van der Waals surface area (Å²) in [5, 5.41) is 6.94. The van der Waals surface area contributed by atoms with Gasteiger partial charge in [0.2, 0.25) is 5.89 Å². The molecule has 1 aliphatic rings. The van der Waals surface area contributed by atoms with Gasteiger partial charge in [0.05, 0.1) is 18.4 Å². The molecule has 8 nitrogen and oxygen atoms in total. The molecule has 0 spiro atoms. The largest absolute Gasteiger partial charge is 0.486 e. The zero-order chi connectivity index (χ0) is 23.5. The van der Waals surface area contributed by atoms with Crippen molar-refractivity contribution in [3.05, 3.63) is 59.4 Å². The Morgan fingerprint density at radius 2 is 2.00 bits per heavy atom. The number of aryl methyl sites for hydroxylation is 1. The molecule has 3 heterocycles.